The number of halogens is 4. The minimum absolute atomic E-state index is 0.0333. The molecule has 0 saturated heterocycles. The van der Waals surface area contributed by atoms with Gasteiger partial charge in [0.1, 0.15) is 0 Å². The fraction of sp³-hybridized carbons (Fsp3) is 0.111. The third kappa shape index (κ3) is 2.87. The summed E-state index contributed by atoms with van der Waals surface area (Å²) in [6, 6.07) is 13.2. The summed E-state index contributed by atoms with van der Waals surface area (Å²) >= 11 is 6.00. The number of hydrogen-bond donors (Lipinski definition) is 0. The summed E-state index contributed by atoms with van der Waals surface area (Å²) in [5.41, 5.74) is 0.773. The fourth-order valence-electron chi connectivity index (χ4n) is 2.68. The first kappa shape index (κ1) is 16.5. The van der Waals surface area contributed by atoms with E-state index < -0.39 is 17.5 Å². The van der Waals surface area contributed by atoms with Crippen LogP contribution in [0.4, 0.5) is 13.2 Å². The molecule has 0 aliphatic rings. The second-order valence-electron chi connectivity index (χ2n) is 5.30. The van der Waals surface area contributed by atoms with Crippen molar-refractivity contribution in [1.82, 2.24) is 4.98 Å². The summed E-state index contributed by atoms with van der Waals surface area (Å²) in [4.78, 5) is 16.2. The molecule has 1 aromatic heterocycles. The minimum atomic E-state index is -4.98. The summed E-state index contributed by atoms with van der Waals surface area (Å²) < 4.78 is 39.3. The molecule has 0 aliphatic carbocycles. The lowest BCUT2D eigenvalue weighted by atomic mass is 9.92. The van der Waals surface area contributed by atoms with Gasteiger partial charge in [0.05, 0.1) is 11.1 Å². The Morgan fingerprint density at radius 2 is 1.75 bits per heavy atom. The van der Waals surface area contributed by atoms with E-state index in [1.54, 1.807) is 42.5 Å². The average Bonchev–Trinajstić information content (AvgIpc) is 2.53. The Balaban J connectivity index is 2.47. The van der Waals surface area contributed by atoms with Crippen molar-refractivity contribution in [3.05, 3.63) is 64.8 Å². The van der Waals surface area contributed by atoms with Gasteiger partial charge in [-0.3, -0.25) is 9.78 Å². The largest absolute Gasteiger partial charge is 0.454 e. The highest BCUT2D eigenvalue weighted by molar-refractivity contribution is 6.31. The van der Waals surface area contributed by atoms with Gasteiger partial charge in [-0.2, -0.15) is 13.2 Å². The molecule has 0 bridgehead atoms. The van der Waals surface area contributed by atoms with Crippen LogP contribution in [0.2, 0.25) is 5.02 Å². The predicted molar refractivity (Wildman–Crippen MR) is 87.3 cm³/mol. The number of nitrogens with zero attached hydrogens (tertiary/aromatic N) is 1. The van der Waals surface area contributed by atoms with Crippen LogP contribution in [-0.2, 0) is 0 Å². The second kappa shape index (κ2) is 5.91. The number of carbonyl (C=O) groups excluding carboxylic acids is 1. The first-order valence-corrected chi connectivity index (χ1v) is 7.43. The van der Waals surface area contributed by atoms with E-state index in [1.807, 2.05) is 0 Å². The molecule has 3 aromatic rings. The summed E-state index contributed by atoms with van der Waals surface area (Å²) in [6.07, 6.45) is -4.98. The van der Waals surface area contributed by atoms with Crippen LogP contribution in [0.3, 0.4) is 0 Å². The zero-order valence-electron chi connectivity index (χ0n) is 12.5. The third-order valence-corrected chi connectivity index (χ3v) is 3.91. The van der Waals surface area contributed by atoms with Crippen molar-refractivity contribution >= 4 is 28.3 Å². The van der Waals surface area contributed by atoms with Gasteiger partial charge in [-0.25, -0.2) is 0 Å². The van der Waals surface area contributed by atoms with Gasteiger partial charge < -0.3 is 0 Å². The van der Waals surface area contributed by atoms with E-state index in [9.17, 15) is 18.0 Å². The molecule has 122 valence electrons. The van der Waals surface area contributed by atoms with Gasteiger partial charge in [0, 0.05) is 21.7 Å². The van der Waals surface area contributed by atoms with Crippen LogP contribution in [0.15, 0.2) is 48.5 Å². The maximum Gasteiger partial charge on any atom is 0.454 e. The van der Waals surface area contributed by atoms with Crippen molar-refractivity contribution in [1.29, 1.82) is 0 Å². The van der Waals surface area contributed by atoms with Gasteiger partial charge >= 0.3 is 6.18 Å². The van der Waals surface area contributed by atoms with Crippen molar-refractivity contribution in [3.8, 4) is 11.1 Å². The normalized spacial score (nSPS) is 11.7. The van der Waals surface area contributed by atoms with Gasteiger partial charge in [0.15, 0.2) is 0 Å². The maximum absolute atomic E-state index is 13.1. The SMILES string of the molecule is Cc1nc2ccc(Cl)cc2c(-c2ccccc2)c1C(=O)C(F)(F)F. The molecule has 2 aromatic carbocycles. The van der Waals surface area contributed by atoms with Crippen molar-refractivity contribution in [2.24, 2.45) is 0 Å². The van der Waals surface area contributed by atoms with Gasteiger partial charge in [-0.15, -0.1) is 0 Å². The van der Waals surface area contributed by atoms with E-state index in [0.717, 1.165) is 0 Å². The van der Waals surface area contributed by atoms with Crippen molar-refractivity contribution in [3.63, 3.8) is 0 Å². The van der Waals surface area contributed by atoms with E-state index in [4.69, 9.17) is 11.6 Å². The van der Waals surface area contributed by atoms with Crippen molar-refractivity contribution < 1.29 is 18.0 Å². The van der Waals surface area contributed by atoms with E-state index in [2.05, 4.69) is 4.98 Å². The lowest BCUT2D eigenvalue weighted by molar-refractivity contribution is -0.0885. The van der Waals surface area contributed by atoms with Crippen LogP contribution in [0.25, 0.3) is 22.0 Å². The molecular weight excluding hydrogens is 339 g/mol. The molecule has 2 nitrogen and oxygen atoms in total. The molecule has 0 saturated carbocycles. The summed E-state index contributed by atoms with van der Waals surface area (Å²) in [6.45, 7) is 1.40. The lowest BCUT2D eigenvalue weighted by Gasteiger charge is -2.16. The first-order valence-electron chi connectivity index (χ1n) is 7.06. The quantitative estimate of drug-likeness (QED) is 0.563. The molecule has 0 N–H and O–H groups in total. The lowest BCUT2D eigenvalue weighted by Crippen LogP contribution is -2.25. The molecule has 0 unspecified atom stereocenters. The van der Waals surface area contributed by atoms with E-state index in [0.29, 0.717) is 21.5 Å². The number of alkyl halides is 3. The topological polar surface area (TPSA) is 30.0 Å². The van der Waals surface area contributed by atoms with Crippen LogP contribution >= 0.6 is 11.6 Å². The summed E-state index contributed by atoms with van der Waals surface area (Å²) in [5.74, 6) is -1.91. The Kier molecular flexibility index (Phi) is 4.05. The van der Waals surface area contributed by atoms with Crippen LogP contribution in [0.5, 0.6) is 0 Å². The average molecular weight is 350 g/mol. The number of hydrogen-bond acceptors (Lipinski definition) is 2. The number of rotatable bonds is 2. The smallest absolute Gasteiger partial charge is 0.284 e. The zero-order chi connectivity index (χ0) is 17.5. The minimum Gasteiger partial charge on any atom is -0.284 e. The van der Waals surface area contributed by atoms with E-state index in [-0.39, 0.29) is 11.3 Å². The molecule has 0 atom stereocenters. The van der Waals surface area contributed by atoms with E-state index >= 15 is 0 Å². The number of pyridine rings is 1. The van der Waals surface area contributed by atoms with E-state index in [1.165, 1.54) is 13.0 Å². The predicted octanol–water partition coefficient (Wildman–Crippen LogP) is 5.61. The van der Waals surface area contributed by atoms with Gasteiger partial charge in [0.25, 0.3) is 5.78 Å². The number of fused-ring (bicyclic) bond motifs is 1. The van der Waals surface area contributed by atoms with Crippen molar-refractivity contribution in [2.45, 2.75) is 13.1 Å². The molecule has 0 spiro atoms. The number of aryl methyl sites for hydroxylation is 1. The molecule has 3 rings (SSSR count). The summed E-state index contributed by atoms with van der Waals surface area (Å²) in [7, 11) is 0. The standard InChI is InChI=1S/C18H11ClF3NO/c1-10-15(17(24)18(20,21)22)16(11-5-3-2-4-6-11)13-9-12(19)7-8-14(13)23-10/h2-9H,1H3. The van der Waals surface area contributed by atoms with Gasteiger partial charge in [-0.05, 0) is 30.7 Å². The highest BCUT2D eigenvalue weighted by Crippen LogP contribution is 2.37. The molecule has 0 fully saturated rings. The Morgan fingerprint density at radius 3 is 2.38 bits per heavy atom. The Morgan fingerprint density at radius 1 is 1.08 bits per heavy atom. The van der Waals surface area contributed by atoms with Crippen LogP contribution in [0.1, 0.15) is 16.1 Å². The molecular formula is C18H11ClF3NO. The number of carbonyl (C=O) groups is 1. The fourth-order valence-corrected chi connectivity index (χ4v) is 2.85. The Bertz CT molecular complexity index is 936. The molecule has 6 heteroatoms. The highest BCUT2D eigenvalue weighted by atomic mass is 35.5. The number of Topliss-reactive ketones (excluding diaryl/α,β-unsaturated/α-hetero) is 1. The molecule has 0 amide bonds. The van der Waals surface area contributed by atoms with Crippen LogP contribution < -0.4 is 0 Å². The molecule has 0 radical (unpaired) electrons. The van der Waals surface area contributed by atoms with Crippen molar-refractivity contribution in [2.75, 3.05) is 0 Å². The first-order chi connectivity index (χ1) is 11.3. The Labute approximate surface area is 140 Å². The van der Waals surface area contributed by atoms with Gasteiger partial charge in [-0.1, -0.05) is 41.9 Å². The molecule has 24 heavy (non-hydrogen) atoms. The van der Waals surface area contributed by atoms with Crippen LogP contribution in [0, 0.1) is 6.92 Å². The monoisotopic (exact) mass is 349 g/mol. The molecule has 0 aliphatic heterocycles. The van der Waals surface area contributed by atoms with Gasteiger partial charge in [0.2, 0.25) is 0 Å². The second-order valence-corrected chi connectivity index (χ2v) is 5.74. The third-order valence-electron chi connectivity index (χ3n) is 3.67. The summed E-state index contributed by atoms with van der Waals surface area (Å²) in [5, 5.41) is 0.766. The van der Waals surface area contributed by atoms with Crippen LogP contribution in [-0.4, -0.2) is 16.9 Å². The maximum atomic E-state index is 13.1. The molecule has 1 heterocycles. The number of ketones is 1. The Hall–Kier alpha value is -2.40. The number of aromatic nitrogens is 1. The zero-order valence-corrected chi connectivity index (χ0v) is 13.2. The highest BCUT2D eigenvalue weighted by Gasteiger charge is 2.42. The number of benzene rings is 2.